The number of hydrogen-bond acceptors (Lipinski definition) is 4. The lowest BCUT2D eigenvalue weighted by Gasteiger charge is -2.17. The van der Waals surface area contributed by atoms with E-state index in [1.54, 1.807) is 0 Å². The number of carbonyl (C=O) groups is 2. The summed E-state index contributed by atoms with van der Waals surface area (Å²) < 4.78 is 10.1. The molecule has 0 saturated heterocycles. The monoisotopic (exact) mass is 273 g/mol. The Labute approximate surface area is 116 Å². The minimum absolute atomic E-state index is 0.358. The van der Waals surface area contributed by atoms with Gasteiger partial charge in [0.2, 0.25) is 0 Å². The average Bonchev–Trinajstić information content (AvgIpc) is 2.41. The maximum Gasteiger partial charge on any atom is 0.407 e. The van der Waals surface area contributed by atoms with Crippen LogP contribution in [0.5, 0.6) is 0 Å². The van der Waals surface area contributed by atoms with Crippen LogP contribution in [0.15, 0.2) is 0 Å². The normalized spacial score (nSPS) is 11.7. The van der Waals surface area contributed by atoms with E-state index < -0.39 is 12.1 Å². The zero-order valence-corrected chi connectivity index (χ0v) is 12.4. The van der Waals surface area contributed by atoms with Crippen LogP contribution < -0.4 is 5.32 Å². The van der Waals surface area contributed by atoms with Gasteiger partial charge in [-0.2, -0.15) is 0 Å². The largest absolute Gasteiger partial charge is 0.464 e. The van der Waals surface area contributed by atoms with E-state index in [-0.39, 0.29) is 5.97 Å². The van der Waals surface area contributed by atoms with Crippen molar-refractivity contribution < 1.29 is 19.1 Å². The maximum absolute atomic E-state index is 11.8. The Morgan fingerprint density at radius 1 is 0.947 bits per heavy atom. The third-order valence-corrected chi connectivity index (χ3v) is 2.60. The fourth-order valence-corrected chi connectivity index (χ4v) is 1.45. The van der Waals surface area contributed by atoms with E-state index in [1.165, 1.54) is 0 Å². The number of alkyl carbamates (subject to hydrolysis) is 1. The van der Waals surface area contributed by atoms with Gasteiger partial charge in [-0.3, -0.25) is 0 Å². The van der Waals surface area contributed by atoms with Crippen LogP contribution >= 0.6 is 0 Å². The van der Waals surface area contributed by atoms with Gasteiger partial charge in [0.25, 0.3) is 0 Å². The third-order valence-electron chi connectivity index (χ3n) is 2.60. The predicted molar refractivity (Wildman–Crippen MR) is 74.0 cm³/mol. The summed E-state index contributed by atoms with van der Waals surface area (Å²) >= 11 is 0. The van der Waals surface area contributed by atoms with Crippen LogP contribution in [0, 0.1) is 0 Å². The second kappa shape index (κ2) is 11.8. The fraction of sp³-hybridized carbons (Fsp3) is 0.857. The summed E-state index contributed by atoms with van der Waals surface area (Å²) in [4.78, 5) is 23.3. The van der Waals surface area contributed by atoms with Crippen molar-refractivity contribution in [2.75, 3.05) is 13.2 Å². The molecule has 112 valence electrons. The van der Waals surface area contributed by atoms with Crippen LogP contribution in [0.3, 0.4) is 0 Å². The van der Waals surface area contributed by atoms with E-state index in [1.807, 2.05) is 20.8 Å². The summed E-state index contributed by atoms with van der Waals surface area (Å²) in [6.45, 7) is 6.75. The van der Waals surface area contributed by atoms with Crippen molar-refractivity contribution in [1.82, 2.24) is 5.32 Å². The molecule has 0 heterocycles. The summed E-state index contributed by atoms with van der Waals surface area (Å²) in [5.74, 6) is -0.365. The Bertz CT molecular complexity index is 256. The first-order valence-electron chi connectivity index (χ1n) is 7.25. The van der Waals surface area contributed by atoms with Crippen LogP contribution in [0.1, 0.15) is 59.3 Å². The standard InChI is InChI=1S/C14H27NO4/c1-4-7-9-12(13(16)18-11-8-5-2)15-14(17)19-10-6-3/h12H,4-11H2,1-3H3,(H,15,17). The molecule has 0 aliphatic heterocycles. The smallest absolute Gasteiger partial charge is 0.407 e. The Morgan fingerprint density at radius 3 is 2.21 bits per heavy atom. The van der Waals surface area contributed by atoms with Crippen molar-refractivity contribution >= 4 is 12.1 Å². The summed E-state index contributed by atoms with van der Waals surface area (Å²) in [5.41, 5.74) is 0. The maximum atomic E-state index is 11.8. The van der Waals surface area contributed by atoms with Gasteiger partial charge in [0.15, 0.2) is 0 Å². The van der Waals surface area contributed by atoms with Gasteiger partial charge in [0, 0.05) is 0 Å². The van der Waals surface area contributed by atoms with Crippen molar-refractivity contribution in [1.29, 1.82) is 0 Å². The van der Waals surface area contributed by atoms with Crippen molar-refractivity contribution in [3.05, 3.63) is 0 Å². The van der Waals surface area contributed by atoms with Gasteiger partial charge in [-0.1, -0.05) is 40.0 Å². The molecule has 5 heteroatoms. The molecule has 0 aromatic heterocycles. The van der Waals surface area contributed by atoms with E-state index in [0.717, 1.165) is 32.1 Å². The first kappa shape index (κ1) is 17.7. The van der Waals surface area contributed by atoms with Crippen LogP contribution in [0.4, 0.5) is 4.79 Å². The lowest BCUT2D eigenvalue weighted by Crippen LogP contribution is -2.42. The molecular formula is C14H27NO4. The Kier molecular flexibility index (Phi) is 11.0. The molecule has 0 aromatic carbocycles. The average molecular weight is 273 g/mol. The van der Waals surface area contributed by atoms with Gasteiger partial charge >= 0.3 is 12.1 Å². The van der Waals surface area contributed by atoms with Crippen molar-refractivity contribution in [3.63, 3.8) is 0 Å². The topological polar surface area (TPSA) is 64.6 Å². The Balaban J connectivity index is 4.19. The molecule has 0 aromatic rings. The molecule has 0 aliphatic carbocycles. The summed E-state index contributed by atoms with van der Waals surface area (Å²) in [6.07, 6.45) is 4.43. The molecule has 5 nitrogen and oxygen atoms in total. The van der Waals surface area contributed by atoms with Crippen LogP contribution in [-0.2, 0) is 14.3 Å². The van der Waals surface area contributed by atoms with Crippen LogP contribution in [0.25, 0.3) is 0 Å². The SMILES string of the molecule is CCCCOC(=O)C(CCCC)NC(=O)OCCC. The Hall–Kier alpha value is -1.26. The Morgan fingerprint density at radius 2 is 1.63 bits per heavy atom. The number of rotatable bonds is 10. The first-order valence-corrected chi connectivity index (χ1v) is 7.25. The minimum atomic E-state index is -0.596. The van der Waals surface area contributed by atoms with Crippen molar-refractivity contribution in [3.8, 4) is 0 Å². The van der Waals surface area contributed by atoms with Gasteiger partial charge in [0.05, 0.1) is 13.2 Å². The number of unbranched alkanes of at least 4 members (excludes halogenated alkanes) is 2. The number of carbonyl (C=O) groups excluding carboxylic acids is 2. The number of amides is 1. The van der Waals surface area contributed by atoms with Crippen molar-refractivity contribution in [2.45, 2.75) is 65.3 Å². The summed E-state index contributed by atoms with van der Waals surface area (Å²) in [5, 5.41) is 2.58. The van der Waals surface area contributed by atoms with Crippen LogP contribution in [-0.4, -0.2) is 31.3 Å². The number of ether oxygens (including phenoxy) is 2. The molecular weight excluding hydrogens is 246 g/mol. The zero-order valence-electron chi connectivity index (χ0n) is 12.4. The summed E-state index contributed by atoms with van der Waals surface area (Å²) in [7, 11) is 0. The predicted octanol–water partition coefficient (Wildman–Crippen LogP) is 3.02. The number of esters is 1. The molecule has 0 radical (unpaired) electrons. The fourth-order valence-electron chi connectivity index (χ4n) is 1.45. The highest BCUT2D eigenvalue weighted by Crippen LogP contribution is 2.04. The van der Waals surface area contributed by atoms with E-state index in [0.29, 0.717) is 19.6 Å². The molecule has 0 rings (SSSR count). The lowest BCUT2D eigenvalue weighted by atomic mass is 10.1. The van der Waals surface area contributed by atoms with Gasteiger partial charge in [-0.25, -0.2) is 9.59 Å². The van der Waals surface area contributed by atoms with Crippen molar-refractivity contribution in [2.24, 2.45) is 0 Å². The molecule has 0 aliphatic rings. The quantitative estimate of drug-likeness (QED) is 0.491. The first-order chi connectivity index (χ1) is 9.15. The molecule has 0 spiro atoms. The molecule has 0 saturated carbocycles. The van der Waals surface area contributed by atoms with Gasteiger partial charge in [-0.05, 0) is 19.3 Å². The molecule has 1 amide bonds. The zero-order chi connectivity index (χ0) is 14.5. The van der Waals surface area contributed by atoms with Gasteiger partial charge in [-0.15, -0.1) is 0 Å². The highest BCUT2D eigenvalue weighted by Gasteiger charge is 2.22. The highest BCUT2D eigenvalue weighted by atomic mass is 16.6. The second-order valence-electron chi connectivity index (χ2n) is 4.50. The van der Waals surface area contributed by atoms with E-state index in [9.17, 15) is 9.59 Å². The van der Waals surface area contributed by atoms with Gasteiger partial charge in [0.1, 0.15) is 6.04 Å². The number of hydrogen-bond donors (Lipinski definition) is 1. The highest BCUT2D eigenvalue weighted by molar-refractivity contribution is 5.81. The number of nitrogens with one attached hydrogen (secondary N) is 1. The van der Waals surface area contributed by atoms with E-state index in [4.69, 9.17) is 9.47 Å². The van der Waals surface area contributed by atoms with E-state index in [2.05, 4.69) is 5.32 Å². The van der Waals surface area contributed by atoms with E-state index >= 15 is 0 Å². The minimum Gasteiger partial charge on any atom is -0.464 e. The third kappa shape index (κ3) is 9.33. The molecule has 1 atom stereocenters. The van der Waals surface area contributed by atoms with Crippen LogP contribution in [0.2, 0.25) is 0 Å². The molecule has 0 bridgehead atoms. The molecule has 19 heavy (non-hydrogen) atoms. The molecule has 1 unspecified atom stereocenters. The lowest BCUT2D eigenvalue weighted by molar-refractivity contribution is -0.146. The molecule has 0 fully saturated rings. The molecule has 1 N–H and O–H groups in total. The summed E-state index contributed by atoms with van der Waals surface area (Å²) in [6, 6.07) is -0.596. The second-order valence-corrected chi connectivity index (χ2v) is 4.50. The van der Waals surface area contributed by atoms with Gasteiger partial charge < -0.3 is 14.8 Å².